The molecule has 148 valence electrons. The highest BCUT2D eigenvalue weighted by Gasteiger charge is 2.13. The number of benzene rings is 3. The van der Waals surface area contributed by atoms with Gasteiger partial charge in [0.15, 0.2) is 23.2 Å². The zero-order valence-corrected chi connectivity index (χ0v) is 17.2. The summed E-state index contributed by atoms with van der Waals surface area (Å²) in [5.74, 6) is 2.09. The van der Waals surface area contributed by atoms with Gasteiger partial charge in [0.25, 0.3) is 0 Å². The van der Waals surface area contributed by atoms with Crippen molar-refractivity contribution in [2.75, 3.05) is 0 Å². The van der Waals surface area contributed by atoms with Crippen LogP contribution in [0, 0.1) is 17.9 Å². The van der Waals surface area contributed by atoms with E-state index in [1.807, 2.05) is 36.4 Å². The van der Waals surface area contributed by atoms with E-state index in [-0.39, 0.29) is 0 Å². The van der Waals surface area contributed by atoms with Crippen molar-refractivity contribution >= 4 is 5.69 Å². The van der Waals surface area contributed by atoms with E-state index in [9.17, 15) is 0 Å². The Kier molecular flexibility index (Phi) is 5.51. The Hall–Kier alpha value is -4.35. The highest BCUT2D eigenvalue weighted by atomic mass is 15.0. The van der Waals surface area contributed by atoms with Gasteiger partial charge in [-0.1, -0.05) is 62.4 Å². The molecule has 1 heterocycles. The molecule has 5 nitrogen and oxygen atoms in total. The molecule has 4 rings (SSSR count). The zero-order chi connectivity index (χ0) is 21.8. The molecular formula is C26H19N5. The van der Waals surface area contributed by atoms with Crippen LogP contribution in [0.1, 0.15) is 30.9 Å². The van der Waals surface area contributed by atoms with Gasteiger partial charge in [0.1, 0.15) is 0 Å². The minimum Gasteiger partial charge on any atom is -0.238 e. The van der Waals surface area contributed by atoms with Crippen molar-refractivity contribution in [2.24, 2.45) is 0 Å². The fraction of sp³-hybridized carbons (Fsp3) is 0.115. The molecule has 3 aromatic carbocycles. The summed E-state index contributed by atoms with van der Waals surface area (Å²) in [6.45, 7) is 11.5. The summed E-state index contributed by atoms with van der Waals surface area (Å²) >= 11 is 0. The standard InChI is InChI=1S/C26H19N5/c1-17(2)19-8-10-21(11-9-19)25-29-24(20-6-4-18(16-27)5-7-20)30-26(31-25)22-12-14-23(28-3)15-13-22/h4-15,17H,1-2H3. The van der Waals surface area contributed by atoms with Crippen LogP contribution < -0.4 is 0 Å². The highest BCUT2D eigenvalue weighted by molar-refractivity contribution is 5.68. The van der Waals surface area contributed by atoms with Gasteiger partial charge in [0.2, 0.25) is 0 Å². The second-order valence-electron chi connectivity index (χ2n) is 7.43. The topological polar surface area (TPSA) is 66.8 Å². The molecular weight excluding hydrogens is 382 g/mol. The predicted molar refractivity (Wildman–Crippen MR) is 121 cm³/mol. The molecule has 0 saturated carbocycles. The van der Waals surface area contributed by atoms with Crippen molar-refractivity contribution in [2.45, 2.75) is 19.8 Å². The fourth-order valence-corrected chi connectivity index (χ4v) is 3.16. The molecule has 0 saturated heterocycles. The Labute approximate surface area is 181 Å². The number of nitriles is 1. The molecule has 31 heavy (non-hydrogen) atoms. The van der Waals surface area contributed by atoms with Gasteiger partial charge in [-0.25, -0.2) is 19.8 Å². The summed E-state index contributed by atoms with van der Waals surface area (Å²) in [4.78, 5) is 17.5. The van der Waals surface area contributed by atoms with E-state index in [4.69, 9.17) is 21.8 Å². The molecule has 0 N–H and O–H groups in total. The minimum absolute atomic E-state index is 0.443. The molecule has 0 unspecified atom stereocenters. The Morgan fingerprint density at radius 3 is 1.52 bits per heavy atom. The molecule has 0 aliphatic rings. The van der Waals surface area contributed by atoms with E-state index in [2.05, 4.69) is 41.9 Å². The monoisotopic (exact) mass is 401 g/mol. The minimum atomic E-state index is 0.443. The predicted octanol–water partition coefficient (Wildman–Crippen LogP) is 6.42. The first kappa shape index (κ1) is 19.9. The quantitative estimate of drug-likeness (QED) is 0.370. The number of hydrogen-bond acceptors (Lipinski definition) is 4. The van der Waals surface area contributed by atoms with E-state index in [1.165, 1.54) is 5.56 Å². The first-order valence-electron chi connectivity index (χ1n) is 9.92. The molecule has 1 aromatic heterocycles. The van der Waals surface area contributed by atoms with Crippen LogP contribution in [0.4, 0.5) is 5.69 Å². The van der Waals surface area contributed by atoms with Crippen LogP contribution in [0.3, 0.4) is 0 Å². The van der Waals surface area contributed by atoms with Crippen LogP contribution in [0.25, 0.3) is 39.0 Å². The smallest absolute Gasteiger partial charge is 0.187 e. The molecule has 0 atom stereocenters. The Balaban J connectivity index is 1.85. The van der Waals surface area contributed by atoms with Crippen molar-refractivity contribution in [1.29, 1.82) is 5.26 Å². The second kappa shape index (κ2) is 8.57. The van der Waals surface area contributed by atoms with Gasteiger partial charge in [-0.05, 0) is 35.7 Å². The van der Waals surface area contributed by atoms with E-state index in [0.29, 0.717) is 34.6 Å². The Bertz CT molecular complexity index is 1210. The van der Waals surface area contributed by atoms with Gasteiger partial charge in [-0.15, -0.1) is 0 Å². The molecule has 0 bridgehead atoms. The molecule has 0 fully saturated rings. The third kappa shape index (κ3) is 4.32. The van der Waals surface area contributed by atoms with Gasteiger partial charge in [-0.3, -0.25) is 0 Å². The maximum atomic E-state index is 9.08. The molecule has 0 radical (unpaired) electrons. The van der Waals surface area contributed by atoms with Crippen molar-refractivity contribution in [3.05, 3.63) is 95.3 Å². The van der Waals surface area contributed by atoms with E-state index >= 15 is 0 Å². The zero-order valence-electron chi connectivity index (χ0n) is 17.2. The highest BCUT2D eigenvalue weighted by Crippen LogP contribution is 2.27. The molecule has 0 aliphatic heterocycles. The van der Waals surface area contributed by atoms with Crippen LogP contribution in [0.15, 0.2) is 72.8 Å². The van der Waals surface area contributed by atoms with Crippen LogP contribution in [-0.4, -0.2) is 15.0 Å². The molecule has 0 spiro atoms. The second-order valence-corrected chi connectivity index (χ2v) is 7.43. The average molecular weight is 401 g/mol. The first-order valence-corrected chi connectivity index (χ1v) is 9.92. The lowest BCUT2D eigenvalue weighted by Gasteiger charge is -2.10. The number of nitrogens with zero attached hydrogens (tertiary/aromatic N) is 5. The summed E-state index contributed by atoms with van der Waals surface area (Å²) < 4.78 is 0. The first-order chi connectivity index (χ1) is 15.1. The average Bonchev–Trinajstić information content (AvgIpc) is 2.84. The summed E-state index contributed by atoms with van der Waals surface area (Å²) in [6, 6.07) is 24.7. The van der Waals surface area contributed by atoms with Gasteiger partial charge in [0, 0.05) is 16.7 Å². The summed E-state index contributed by atoms with van der Waals surface area (Å²) in [5.41, 5.74) is 4.91. The number of hydrogen-bond donors (Lipinski definition) is 0. The normalized spacial score (nSPS) is 10.5. The Morgan fingerprint density at radius 2 is 1.13 bits per heavy atom. The number of aromatic nitrogens is 3. The van der Waals surface area contributed by atoms with E-state index < -0.39 is 0 Å². The van der Waals surface area contributed by atoms with Crippen molar-refractivity contribution in [3.63, 3.8) is 0 Å². The van der Waals surface area contributed by atoms with Crippen LogP contribution in [0.5, 0.6) is 0 Å². The van der Waals surface area contributed by atoms with E-state index in [0.717, 1.165) is 16.7 Å². The van der Waals surface area contributed by atoms with Crippen LogP contribution in [-0.2, 0) is 0 Å². The lowest BCUT2D eigenvalue weighted by Crippen LogP contribution is -2.00. The summed E-state index contributed by atoms with van der Waals surface area (Å²) in [5, 5.41) is 9.08. The van der Waals surface area contributed by atoms with E-state index in [1.54, 1.807) is 24.3 Å². The van der Waals surface area contributed by atoms with Crippen molar-refractivity contribution in [3.8, 4) is 40.2 Å². The lowest BCUT2D eigenvalue weighted by molar-refractivity contribution is 0.867. The number of rotatable bonds is 4. The lowest BCUT2D eigenvalue weighted by atomic mass is 10.0. The summed E-state index contributed by atoms with van der Waals surface area (Å²) in [7, 11) is 0. The van der Waals surface area contributed by atoms with Gasteiger partial charge >= 0.3 is 0 Å². The van der Waals surface area contributed by atoms with Gasteiger partial charge < -0.3 is 0 Å². The van der Waals surface area contributed by atoms with Crippen LogP contribution in [0.2, 0.25) is 0 Å². The van der Waals surface area contributed by atoms with Crippen LogP contribution >= 0.6 is 0 Å². The third-order valence-corrected chi connectivity index (χ3v) is 5.00. The van der Waals surface area contributed by atoms with Gasteiger partial charge in [0.05, 0.1) is 18.2 Å². The maximum Gasteiger partial charge on any atom is 0.187 e. The van der Waals surface area contributed by atoms with Crippen molar-refractivity contribution < 1.29 is 0 Å². The largest absolute Gasteiger partial charge is 0.238 e. The molecule has 5 heteroatoms. The molecule has 0 aliphatic carbocycles. The summed E-state index contributed by atoms with van der Waals surface area (Å²) in [6.07, 6.45) is 0. The third-order valence-electron chi connectivity index (χ3n) is 5.00. The molecule has 0 amide bonds. The fourth-order valence-electron chi connectivity index (χ4n) is 3.16. The SMILES string of the molecule is [C-]#[N+]c1ccc(-c2nc(-c3ccc(C#N)cc3)nc(-c3ccc(C(C)C)cc3)n2)cc1. The molecule has 4 aromatic rings. The van der Waals surface area contributed by atoms with Gasteiger partial charge in [-0.2, -0.15) is 5.26 Å². The van der Waals surface area contributed by atoms with Crippen molar-refractivity contribution in [1.82, 2.24) is 15.0 Å². The maximum absolute atomic E-state index is 9.08. The Morgan fingerprint density at radius 1 is 0.710 bits per heavy atom.